The summed E-state index contributed by atoms with van der Waals surface area (Å²) >= 11 is 11.9. The van der Waals surface area contributed by atoms with Crippen molar-refractivity contribution in [1.82, 2.24) is 0 Å². The minimum Gasteiger partial charge on any atom is -0.506 e. The first-order valence-electron chi connectivity index (χ1n) is 8.88. The van der Waals surface area contributed by atoms with Crippen LogP contribution in [0.15, 0.2) is 52.5 Å². The average Bonchev–Trinajstić information content (AvgIpc) is 2.68. The van der Waals surface area contributed by atoms with Gasteiger partial charge in [-0.25, -0.2) is 4.99 Å². The molecular weight excluding hydrogens is 413 g/mol. The molecule has 29 heavy (non-hydrogen) atoms. The SMILES string of the molecule is CCCc1c(N)c(N=C2C=CC(=O)C(Cl)=C2)cc(Nc2ccc(O)c(Cl)c2)c1O. The molecule has 0 saturated carbocycles. The molecule has 0 spiro atoms. The minimum absolute atomic E-state index is 0.0143. The number of benzene rings is 2. The van der Waals surface area contributed by atoms with E-state index in [0.29, 0.717) is 40.4 Å². The van der Waals surface area contributed by atoms with Crippen molar-refractivity contribution in [2.45, 2.75) is 19.8 Å². The highest BCUT2D eigenvalue weighted by Gasteiger charge is 2.17. The van der Waals surface area contributed by atoms with Gasteiger partial charge in [0.2, 0.25) is 0 Å². The Hall–Kier alpha value is -2.96. The Labute approximate surface area is 178 Å². The molecule has 150 valence electrons. The van der Waals surface area contributed by atoms with E-state index < -0.39 is 0 Å². The lowest BCUT2D eigenvalue weighted by Crippen LogP contribution is -2.04. The molecule has 0 heterocycles. The van der Waals surface area contributed by atoms with Crippen LogP contribution in [0.3, 0.4) is 0 Å². The molecule has 8 heteroatoms. The number of anilines is 3. The highest BCUT2D eigenvalue weighted by molar-refractivity contribution is 6.47. The van der Waals surface area contributed by atoms with Crippen molar-refractivity contribution in [2.75, 3.05) is 11.1 Å². The first kappa shape index (κ1) is 20.8. The van der Waals surface area contributed by atoms with E-state index in [9.17, 15) is 15.0 Å². The van der Waals surface area contributed by atoms with Crippen LogP contribution in [-0.4, -0.2) is 21.7 Å². The number of aromatic hydroxyl groups is 2. The third kappa shape index (κ3) is 4.55. The lowest BCUT2D eigenvalue weighted by molar-refractivity contribution is -0.110. The zero-order chi connectivity index (χ0) is 21.1. The van der Waals surface area contributed by atoms with E-state index in [1.807, 2.05) is 6.92 Å². The molecular formula is C21H19Cl2N3O3. The maximum atomic E-state index is 11.5. The largest absolute Gasteiger partial charge is 0.506 e. The number of halogens is 2. The van der Waals surface area contributed by atoms with E-state index in [1.165, 1.54) is 24.3 Å². The van der Waals surface area contributed by atoms with E-state index in [-0.39, 0.29) is 27.3 Å². The Bertz CT molecular complexity index is 1080. The second-order valence-electron chi connectivity index (χ2n) is 6.45. The molecule has 0 saturated heterocycles. The predicted octanol–water partition coefficient (Wildman–Crippen LogP) is 5.36. The smallest absolute Gasteiger partial charge is 0.197 e. The fourth-order valence-electron chi connectivity index (χ4n) is 2.86. The number of nitrogen functional groups attached to an aromatic ring is 1. The number of carbonyl (C=O) groups excluding carboxylic acids is 1. The summed E-state index contributed by atoms with van der Waals surface area (Å²) in [5.74, 6) is -0.317. The third-order valence-electron chi connectivity index (χ3n) is 4.31. The van der Waals surface area contributed by atoms with Crippen molar-refractivity contribution in [3.63, 3.8) is 0 Å². The molecule has 0 radical (unpaired) electrons. The fourth-order valence-corrected chi connectivity index (χ4v) is 3.21. The molecule has 0 atom stereocenters. The Balaban J connectivity index is 2.08. The maximum absolute atomic E-state index is 11.5. The lowest BCUT2D eigenvalue weighted by atomic mass is 10.0. The van der Waals surface area contributed by atoms with Gasteiger partial charge in [-0.1, -0.05) is 36.5 Å². The number of rotatable bonds is 5. The van der Waals surface area contributed by atoms with Crippen LogP contribution >= 0.6 is 23.2 Å². The van der Waals surface area contributed by atoms with E-state index >= 15 is 0 Å². The van der Waals surface area contributed by atoms with Gasteiger partial charge in [0.05, 0.1) is 32.8 Å². The topological polar surface area (TPSA) is 108 Å². The van der Waals surface area contributed by atoms with Gasteiger partial charge in [-0.2, -0.15) is 0 Å². The van der Waals surface area contributed by atoms with Crippen LogP contribution in [-0.2, 0) is 11.2 Å². The highest BCUT2D eigenvalue weighted by atomic mass is 35.5. The second kappa shape index (κ2) is 8.59. The number of phenolic OH excluding ortho intramolecular Hbond substituents is 2. The first-order chi connectivity index (χ1) is 13.8. The summed E-state index contributed by atoms with van der Waals surface area (Å²) in [6.45, 7) is 1.97. The molecule has 2 aromatic rings. The van der Waals surface area contributed by atoms with Crippen LogP contribution in [0.25, 0.3) is 0 Å². The van der Waals surface area contributed by atoms with Crippen LogP contribution < -0.4 is 11.1 Å². The Morgan fingerprint density at radius 2 is 1.93 bits per heavy atom. The summed E-state index contributed by atoms with van der Waals surface area (Å²) in [5.41, 5.74) is 9.02. The molecule has 2 aromatic carbocycles. The number of allylic oxidation sites excluding steroid dienone is 4. The highest BCUT2D eigenvalue weighted by Crippen LogP contribution is 2.42. The molecule has 3 rings (SSSR count). The van der Waals surface area contributed by atoms with Gasteiger partial charge < -0.3 is 21.3 Å². The molecule has 1 aliphatic rings. The van der Waals surface area contributed by atoms with Crippen LogP contribution in [0.5, 0.6) is 11.5 Å². The van der Waals surface area contributed by atoms with Gasteiger partial charge >= 0.3 is 0 Å². The standard InChI is InChI=1S/C21H19Cl2N3O3/c1-2-3-13-20(24)16(25-11-4-6-18(27)14(22)8-11)10-17(21(13)29)26-12-5-7-19(28)15(23)9-12/h4-10,26,28-29H,2-3,24H2,1H3. The zero-order valence-electron chi connectivity index (χ0n) is 15.5. The summed E-state index contributed by atoms with van der Waals surface area (Å²) < 4.78 is 0. The van der Waals surface area contributed by atoms with E-state index in [1.54, 1.807) is 18.2 Å². The molecule has 0 aliphatic heterocycles. The number of carbonyl (C=O) groups is 1. The van der Waals surface area contributed by atoms with Crippen molar-refractivity contribution in [2.24, 2.45) is 4.99 Å². The van der Waals surface area contributed by atoms with Gasteiger partial charge in [-0.15, -0.1) is 0 Å². The average molecular weight is 432 g/mol. The predicted molar refractivity (Wildman–Crippen MR) is 118 cm³/mol. The van der Waals surface area contributed by atoms with E-state index in [2.05, 4.69) is 10.3 Å². The van der Waals surface area contributed by atoms with Crippen molar-refractivity contribution < 1.29 is 15.0 Å². The van der Waals surface area contributed by atoms with Gasteiger partial charge in [-0.05, 0) is 48.9 Å². The van der Waals surface area contributed by atoms with Crippen molar-refractivity contribution in [3.8, 4) is 11.5 Å². The summed E-state index contributed by atoms with van der Waals surface area (Å²) in [4.78, 5) is 16.0. The van der Waals surface area contributed by atoms with E-state index in [0.717, 1.165) is 6.42 Å². The number of hydrogen-bond donors (Lipinski definition) is 4. The summed E-state index contributed by atoms with van der Waals surface area (Å²) in [6.07, 6.45) is 5.66. The number of nitrogens with zero attached hydrogens (tertiary/aromatic N) is 1. The van der Waals surface area contributed by atoms with Crippen molar-refractivity contribution >= 4 is 57.4 Å². The third-order valence-corrected chi connectivity index (χ3v) is 4.91. The summed E-state index contributed by atoms with van der Waals surface area (Å²) in [7, 11) is 0. The normalized spacial score (nSPS) is 14.9. The number of ketones is 1. The molecule has 6 nitrogen and oxygen atoms in total. The number of nitrogens with one attached hydrogen (secondary N) is 1. The minimum atomic E-state index is -0.289. The van der Waals surface area contributed by atoms with Gasteiger partial charge in [0.15, 0.2) is 5.78 Å². The summed E-state index contributed by atoms with van der Waals surface area (Å²) in [5, 5.41) is 23.6. The van der Waals surface area contributed by atoms with Crippen molar-refractivity contribution in [3.05, 3.63) is 58.1 Å². The fraction of sp³-hybridized carbons (Fsp3) is 0.143. The number of phenols is 2. The molecule has 0 amide bonds. The van der Waals surface area contributed by atoms with Gasteiger partial charge in [0.1, 0.15) is 11.5 Å². The molecule has 0 bridgehead atoms. The molecule has 5 N–H and O–H groups in total. The van der Waals surface area contributed by atoms with Gasteiger partial charge in [0, 0.05) is 11.3 Å². The zero-order valence-corrected chi connectivity index (χ0v) is 17.1. The van der Waals surface area contributed by atoms with Crippen LogP contribution in [0, 0.1) is 0 Å². The molecule has 0 unspecified atom stereocenters. The molecule has 1 aliphatic carbocycles. The summed E-state index contributed by atoms with van der Waals surface area (Å²) in [6, 6.07) is 6.21. The quantitative estimate of drug-likeness (QED) is 0.220. The van der Waals surface area contributed by atoms with Gasteiger partial charge in [0.25, 0.3) is 0 Å². The van der Waals surface area contributed by atoms with Crippen LogP contribution in [0.2, 0.25) is 5.02 Å². The van der Waals surface area contributed by atoms with Crippen LogP contribution in [0.4, 0.5) is 22.7 Å². The van der Waals surface area contributed by atoms with E-state index in [4.69, 9.17) is 28.9 Å². The number of nitrogens with two attached hydrogens (primary N) is 1. The number of aliphatic imine (C=N–C) groups is 1. The first-order valence-corrected chi connectivity index (χ1v) is 9.64. The maximum Gasteiger partial charge on any atom is 0.197 e. The van der Waals surface area contributed by atoms with Gasteiger partial charge in [-0.3, -0.25) is 4.79 Å². The molecule has 0 fully saturated rings. The Morgan fingerprint density at radius 3 is 2.59 bits per heavy atom. The van der Waals surface area contributed by atoms with Crippen molar-refractivity contribution in [1.29, 1.82) is 0 Å². The van der Waals surface area contributed by atoms with Crippen LogP contribution in [0.1, 0.15) is 18.9 Å². The monoisotopic (exact) mass is 431 g/mol. The Kier molecular flexibility index (Phi) is 6.15. The second-order valence-corrected chi connectivity index (χ2v) is 7.27. The lowest BCUT2D eigenvalue weighted by Gasteiger charge is -2.17. The Morgan fingerprint density at radius 1 is 1.17 bits per heavy atom. The number of hydrogen-bond acceptors (Lipinski definition) is 6. The molecule has 0 aromatic heterocycles.